The molecule has 15 heavy (non-hydrogen) atoms. The summed E-state index contributed by atoms with van der Waals surface area (Å²) in [5.41, 5.74) is 0. The zero-order chi connectivity index (χ0) is 11.5. The summed E-state index contributed by atoms with van der Waals surface area (Å²) >= 11 is 0. The summed E-state index contributed by atoms with van der Waals surface area (Å²) in [6.07, 6.45) is 5.84. The van der Waals surface area contributed by atoms with Crippen LogP contribution in [0.15, 0.2) is 0 Å². The Bertz CT molecular complexity index is 158. The first-order valence-corrected chi connectivity index (χ1v) is 6.18. The van der Waals surface area contributed by atoms with E-state index in [1.54, 1.807) is 0 Å². The Labute approximate surface area is 94.0 Å². The Balaban J connectivity index is 3.19. The Kier molecular flexibility index (Phi) is 9.33. The number of rotatable bonds is 8. The molecule has 0 aliphatic heterocycles. The van der Waals surface area contributed by atoms with Crippen LogP contribution in [-0.4, -0.2) is 19.1 Å². The van der Waals surface area contributed by atoms with Crippen molar-refractivity contribution >= 4 is 6.03 Å². The highest BCUT2D eigenvalue weighted by atomic mass is 16.2. The number of carbonyl (C=O) groups excluding carboxylic acids is 1. The van der Waals surface area contributed by atoms with Crippen LogP contribution >= 0.6 is 0 Å². The van der Waals surface area contributed by atoms with Gasteiger partial charge in [-0.1, -0.05) is 40.0 Å². The van der Waals surface area contributed by atoms with E-state index in [4.69, 9.17) is 0 Å². The molecule has 3 heteroatoms. The van der Waals surface area contributed by atoms with Crippen molar-refractivity contribution in [1.82, 2.24) is 10.6 Å². The Morgan fingerprint density at radius 2 is 1.73 bits per heavy atom. The van der Waals surface area contributed by atoms with E-state index in [9.17, 15) is 4.79 Å². The normalized spacial score (nSPS) is 10.4. The van der Waals surface area contributed by atoms with Crippen LogP contribution in [0, 0.1) is 5.92 Å². The standard InChI is InChI=1S/C12H26N2O/c1-4-5-6-7-9-13-12(15)14-10-8-11(2)3/h11H,4-10H2,1-3H3,(H2,13,14,15). The van der Waals surface area contributed by atoms with Crippen LogP contribution in [0.4, 0.5) is 4.79 Å². The smallest absolute Gasteiger partial charge is 0.314 e. The van der Waals surface area contributed by atoms with Crippen molar-refractivity contribution in [3.8, 4) is 0 Å². The first-order chi connectivity index (χ1) is 7.16. The minimum Gasteiger partial charge on any atom is -0.338 e. The molecule has 0 aromatic heterocycles. The summed E-state index contributed by atoms with van der Waals surface area (Å²) in [5, 5.41) is 5.72. The van der Waals surface area contributed by atoms with Crippen molar-refractivity contribution < 1.29 is 4.79 Å². The van der Waals surface area contributed by atoms with Crippen molar-refractivity contribution in [2.24, 2.45) is 5.92 Å². The van der Waals surface area contributed by atoms with Crippen LogP contribution in [0.2, 0.25) is 0 Å². The number of carbonyl (C=O) groups is 1. The minimum atomic E-state index is -0.0212. The molecule has 0 unspecified atom stereocenters. The highest BCUT2D eigenvalue weighted by Crippen LogP contribution is 1.97. The molecule has 0 bridgehead atoms. The van der Waals surface area contributed by atoms with E-state index in [1.165, 1.54) is 19.3 Å². The predicted octanol–water partition coefficient (Wildman–Crippen LogP) is 2.91. The second-order valence-electron chi connectivity index (χ2n) is 4.43. The van der Waals surface area contributed by atoms with Gasteiger partial charge in [-0.25, -0.2) is 4.79 Å². The van der Waals surface area contributed by atoms with Gasteiger partial charge in [-0.05, 0) is 18.8 Å². The first-order valence-electron chi connectivity index (χ1n) is 6.18. The molecule has 2 N–H and O–H groups in total. The fourth-order valence-corrected chi connectivity index (χ4v) is 1.29. The van der Waals surface area contributed by atoms with Crippen molar-refractivity contribution in [2.75, 3.05) is 13.1 Å². The van der Waals surface area contributed by atoms with E-state index in [2.05, 4.69) is 31.4 Å². The van der Waals surface area contributed by atoms with Crippen LogP contribution < -0.4 is 10.6 Å². The average molecular weight is 214 g/mol. The zero-order valence-electron chi connectivity index (χ0n) is 10.4. The topological polar surface area (TPSA) is 41.1 Å². The summed E-state index contributed by atoms with van der Waals surface area (Å²) in [6, 6.07) is -0.0212. The Morgan fingerprint density at radius 1 is 1.07 bits per heavy atom. The van der Waals surface area contributed by atoms with Gasteiger partial charge in [0, 0.05) is 13.1 Å². The maximum absolute atomic E-state index is 11.2. The third kappa shape index (κ3) is 11.2. The molecule has 0 aliphatic rings. The summed E-state index contributed by atoms with van der Waals surface area (Å²) in [4.78, 5) is 11.2. The molecule has 0 heterocycles. The third-order valence-electron chi connectivity index (χ3n) is 2.32. The molecule has 0 spiro atoms. The molecule has 0 aliphatic carbocycles. The van der Waals surface area contributed by atoms with Gasteiger partial charge >= 0.3 is 6.03 Å². The maximum Gasteiger partial charge on any atom is 0.314 e. The third-order valence-corrected chi connectivity index (χ3v) is 2.32. The zero-order valence-corrected chi connectivity index (χ0v) is 10.4. The summed E-state index contributed by atoms with van der Waals surface area (Å²) in [6.45, 7) is 8.08. The molecule has 0 aromatic rings. The number of hydrogen-bond acceptors (Lipinski definition) is 1. The lowest BCUT2D eigenvalue weighted by atomic mass is 10.1. The van der Waals surface area contributed by atoms with Gasteiger partial charge in [0.1, 0.15) is 0 Å². The number of unbranched alkanes of at least 4 members (excludes halogenated alkanes) is 3. The lowest BCUT2D eigenvalue weighted by molar-refractivity contribution is 0.240. The van der Waals surface area contributed by atoms with Gasteiger partial charge in [0.25, 0.3) is 0 Å². The van der Waals surface area contributed by atoms with Gasteiger partial charge in [-0.2, -0.15) is 0 Å². The maximum atomic E-state index is 11.2. The summed E-state index contributed by atoms with van der Waals surface area (Å²) < 4.78 is 0. The Hall–Kier alpha value is -0.730. The van der Waals surface area contributed by atoms with E-state index in [1.807, 2.05) is 0 Å². The van der Waals surface area contributed by atoms with Gasteiger partial charge < -0.3 is 10.6 Å². The quantitative estimate of drug-likeness (QED) is 0.599. The van der Waals surface area contributed by atoms with Crippen LogP contribution in [-0.2, 0) is 0 Å². The summed E-state index contributed by atoms with van der Waals surface area (Å²) in [7, 11) is 0. The molecule has 0 aromatic carbocycles. The van der Waals surface area contributed by atoms with Crippen LogP contribution in [0.1, 0.15) is 52.9 Å². The monoisotopic (exact) mass is 214 g/mol. The van der Waals surface area contributed by atoms with Crippen molar-refractivity contribution in [3.05, 3.63) is 0 Å². The van der Waals surface area contributed by atoms with Gasteiger partial charge in [-0.15, -0.1) is 0 Å². The Morgan fingerprint density at radius 3 is 2.33 bits per heavy atom. The lowest BCUT2D eigenvalue weighted by Gasteiger charge is -2.08. The van der Waals surface area contributed by atoms with Gasteiger partial charge in [-0.3, -0.25) is 0 Å². The number of urea groups is 1. The van der Waals surface area contributed by atoms with Gasteiger partial charge in [0.15, 0.2) is 0 Å². The molecular formula is C12H26N2O. The van der Waals surface area contributed by atoms with E-state index in [0.29, 0.717) is 5.92 Å². The number of nitrogens with one attached hydrogen (secondary N) is 2. The molecular weight excluding hydrogens is 188 g/mol. The molecule has 3 nitrogen and oxygen atoms in total. The fraction of sp³-hybridized carbons (Fsp3) is 0.917. The highest BCUT2D eigenvalue weighted by molar-refractivity contribution is 5.73. The van der Waals surface area contributed by atoms with E-state index in [0.717, 1.165) is 25.9 Å². The van der Waals surface area contributed by atoms with Crippen LogP contribution in [0.25, 0.3) is 0 Å². The first kappa shape index (κ1) is 14.3. The molecule has 90 valence electrons. The molecule has 0 rings (SSSR count). The second kappa shape index (κ2) is 9.81. The van der Waals surface area contributed by atoms with E-state index in [-0.39, 0.29) is 6.03 Å². The largest absolute Gasteiger partial charge is 0.338 e. The van der Waals surface area contributed by atoms with Crippen molar-refractivity contribution in [1.29, 1.82) is 0 Å². The summed E-state index contributed by atoms with van der Waals surface area (Å²) in [5.74, 6) is 0.648. The predicted molar refractivity (Wildman–Crippen MR) is 65.0 cm³/mol. The highest BCUT2D eigenvalue weighted by Gasteiger charge is 1.99. The second-order valence-corrected chi connectivity index (χ2v) is 4.43. The molecule has 2 amide bonds. The van der Waals surface area contributed by atoms with Crippen LogP contribution in [0.5, 0.6) is 0 Å². The van der Waals surface area contributed by atoms with E-state index < -0.39 is 0 Å². The SMILES string of the molecule is CCCCCCNC(=O)NCCC(C)C. The van der Waals surface area contributed by atoms with Gasteiger partial charge in [0.05, 0.1) is 0 Å². The van der Waals surface area contributed by atoms with Crippen molar-refractivity contribution in [3.63, 3.8) is 0 Å². The molecule has 0 saturated carbocycles. The van der Waals surface area contributed by atoms with E-state index >= 15 is 0 Å². The number of hydrogen-bond donors (Lipinski definition) is 2. The van der Waals surface area contributed by atoms with Gasteiger partial charge in [0.2, 0.25) is 0 Å². The molecule has 0 fully saturated rings. The molecule has 0 radical (unpaired) electrons. The number of amides is 2. The molecule has 0 atom stereocenters. The average Bonchev–Trinajstić information content (AvgIpc) is 2.17. The molecule has 0 saturated heterocycles. The minimum absolute atomic E-state index is 0.0212. The van der Waals surface area contributed by atoms with Crippen LogP contribution in [0.3, 0.4) is 0 Å². The lowest BCUT2D eigenvalue weighted by Crippen LogP contribution is -2.36. The fourth-order valence-electron chi connectivity index (χ4n) is 1.29. The van der Waals surface area contributed by atoms with Crippen molar-refractivity contribution in [2.45, 2.75) is 52.9 Å².